The SMILES string of the molecule is COCCn1c(=NC(=O)c2cccc(NS(=O)(=O)c3ccc(Cl)cc3)c2)sc2c(C)cc(C)cc21. The molecule has 1 heterocycles. The van der Waals surface area contributed by atoms with Gasteiger partial charge in [-0.05, 0) is 73.5 Å². The minimum Gasteiger partial charge on any atom is -0.383 e. The molecule has 1 amide bonds. The number of thiazole rings is 1. The molecule has 0 atom stereocenters. The summed E-state index contributed by atoms with van der Waals surface area (Å²) in [6.45, 7) is 5.09. The number of methoxy groups -OCH3 is 1. The molecule has 0 saturated heterocycles. The maximum Gasteiger partial charge on any atom is 0.279 e. The van der Waals surface area contributed by atoms with Crippen LogP contribution in [-0.4, -0.2) is 32.6 Å². The van der Waals surface area contributed by atoms with E-state index in [9.17, 15) is 13.2 Å². The van der Waals surface area contributed by atoms with Gasteiger partial charge in [-0.3, -0.25) is 9.52 Å². The molecule has 0 aliphatic heterocycles. The first-order valence-electron chi connectivity index (χ1n) is 10.7. The van der Waals surface area contributed by atoms with Crippen molar-refractivity contribution in [3.8, 4) is 0 Å². The van der Waals surface area contributed by atoms with Gasteiger partial charge in [0.2, 0.25) is 0 Å². The summed E-state index contributed by atoms with van der Waals surface area (Å²) in [6, 6.07) is 16.3. The van der Waals surface area contributed by atoms with E-state index in [0.717, 1.165) is 21.3 Å². The van der Waals surface area contributed by atoms with E-state index >= 15 is 0 Å². The highest BCUT2D eigenvalue weighted by Crippen LogP contribution is 2.24. The largest absolute Gasteiger partial charge is 0.383 e. The third kappa shape index (κ3) is 5.65. The summed E-state index contributed by atoms with van der Waals surface area (Å²) in [5, 5.41) is 0.437. The highest BCUT2D eigenvalue weighted by atomic mass is 35.5. The van der Waals surface area contributed by atoms with Crippen molar-refractivity contribution < 1.29 is 17.9 Å². The number of hydrogen-bond donors (Lipinski definition) is 1. The number of aromatic nitrogens is 1. The molecule has 1 N–H and O–H groups in total. The smallest absolute Gasteiger partial charge is 0.279 e. The van der Waals surface area contributed by atoms with Crippen molar-refractivity contribution in [3.63, 3.8) is 0 Å². The van der Waals surface area contributed by atoms with Crippen LogP contribution in [0.25, 0.3) is 10.2 Å². The molecule has 35 heavy (non-hydrogen) atoms. The Morgan fingerprint density at radius 1 is 1.11 bits per heavy atom. The Balaban J connectivity index is 1.69. The number of amides is 1. The van der Waals surface area contributed by atoms with Crippen molar-refractivity contribution in [1.82, 2.24) is 4.57 Å². The predicted molar refractivity (Wildman–Crippen MR) is 140 cm³/mol. The molecule has 0 fully saturated rings. The number of halogens is 1. The van der Waals surface area contributed by atoms with E-state index in [1.807, 2.05) is 18.4 Å². The van der Waals surface area contributed by atoms with Crippen LogP contribution >= 0.6 is 22.9 Å². The Morgan fingerprint density at radius 2 is 1.86 bits per heavy atom. The number of aryl methyl sites for hydroxylation is 2. The molecule has 0 aliphatic rings. The third-order valence-corrected chi connectivity index (χ3v) is 8.19. The fourth-order valence-electron chi connectivity index (χ4n) is 3.69. The van der Waals surface area contributed by atoms with Gasteiger partial charge in [-0.1, -0.05) is 35.1 Å². The molecule has 0 unspecified atom stereocenters. The molecule has 0 bridgehead atoms. The Labute approximate surface area is 212 Å². The van der Waals surface area contributed by atoms with Crippen LogP contribution < -0.4 is 9.52 Å². The fraction of sp³-hybridized carbons (Fsp3) is 0.200. The first-order chi connectivity index (χ1) is 16.7. The number of carbonyl (C=O) groups is 1. The van der Waals surface area contributed by atoms with Crippen LogP contribution in [-0.2, 0) is 21.3 Å². The predicted octanol–water partition coefficient (Wildman–Crippen LogP) is 5.16. The zero-order valence-corrected chi connectivity index (χ0v) is 21.8. The summed E-state index contributed by atoms with van der Waals surface area (Å²) in [7, 11) is -2.21. The van der Waals surface area contributed by atoms with E-state index in [1.54, 1.807) is 25.3 Å². The molecule has 1 aromatic heterocycles. The monoisotopic (exact) mass is 529 g/mol. The lowest BCUT2D eigenvalue weighted by molar-refractivity contribution is 0.0997. The zero-order valence-electron chi connectivity index (χ0n) is 19.4. The molecule has 7 nitrogen and oxygen atoms in total. The van der Waals surface area contributed by atoms with Crippen LogP contribution in [0.2, 0.25) is 5.02 Å². The van der Waals surface area contributed by atoms with Gasteiger partial charge in [0.05, 0.1) is 21.7 Å². The zero-order chi connectivity index (χ0) is 25.2. The second kappa shape index (κ2) is 10.3. The van der Waals surface area contributed by atoms with Gasteiger partial charge in [0.25, 0.3) is 15.9 Å². The first-order valence-corrected chi connectivity index (χ1v) is 13.4. The van der Waals surface area contributed by atoms with Gasteiger partial charge in [0.1, 0.15) is 0 Å². The number of anilines is 1. The quantitative estimate of drug-likeness (QED) is 0.358. The Morgan fingerprint density at radius 3 is 2.57 bits per heavy atom. The summed E-state index contributed by atoms with van der Waals surface area (Å²) in [4.78, 5) is 18.1. The van der Waals surface area contributed by atoms with Crippen molar-refractivity contribution in [2.24, 2.45) is 4.99 Å². The van der Waals surface area contributed by atoms with Crippen LogP contribution in [0.4, 0.5) is 5.69 Å². The van der Waals surface area contributed by atoms with Gasteiger partial charge < -0.3 is 9.30 Å². The molecule has 3 aromatic carbocycles. The first kappa shape index (κ1) is 25.1. The highest BCUT2D eigenvalue weighted by molar-refractivity contribution is 7.92. The molecule has 4 aromatic rings. The van der Waals surface area contributed by atoms with Crippen molar-refractivity contribution in [2.75, 3.05) is 18.4 Å². The number of hydrogen-bond acceptors (Lipinski definition) is 5. The summed E-state index contributed by atoms with van der Waals surface area (Å²) >= 11 is 7.30. The Kier molecular flexibility index (Phi) is 7.42. The van der Waals surface area contributed by atoms with Crippen LogP contribution in [0.3, 0.4) is 0 Å². The molecule has 10 heteroatoms. The number of nitrogens with zero attached hydrogens (tertiary/aromatic N) is 2. The van der Waals surface area contributed by atoms with E-state index in [0.29, 0.717) is 23.0 Å². The van der Waals surface area contributed by atoms with E-state index < -0.39 is 15.9 Å². The minimum absolute atomic E-state index is 0.0680. The van der Waals surface area contributed by atoms with E-state index in [1.165, 1.54) is 41.7 Å². The molecular formula is C25H24ClN3O4S2. The normalized spacial score (nSPS) is 12.3. The Bertz CT molecular complexity index is 1570. The van der Waals surface area contributed by atoms with E-state index in [2.05, 4.69) is 21.8 Å². The average molecular weight is 530 g/mol. The number of fused-ring (bicyclic) bond motifs is 1. The molecule has 0 spiro atoms. The van der Waals surface area contributed by atoms with E-state index in [-0.39, 0.29) is 16.1 Å². The van der Waals surface area contributed by atoms with Crippen molar-refractivity contribution in [3.05, 3.63) is 87.2 Å². The molecule has 0 aliphatic carbocycles. The third-order valence-electron chi connectivity index (χ3n) is 5.32. The molecule has 0 radical (unpaired) electrons. The van der Waals surface area contributed by atoms with Crippen LogP contribution in [0.15, 0.2) is 70.6 Å². The van der Waals surface area contributed by atoms with Gasteiger partial charge >= 0.3 is 0 Å². The van der Waals surface area contributed by atoms with Crippen molar-refractivity contribution >= 4 is 54.8 Å². The molecule has 182 valence electrons. The van der Waals surface area contributed by atoms with Gasteiger partial charge in [0, 0.05) is 29.9 Å². The van der Waals surface area contributed by atoms with Gasteiger partial charge in [0.15, 0.2) is 4.80 Å². The van der Waals surface area contributed by atoms with Gasteiger partial charge in [-0.25, -0.2) is 8.42 Å². The number of nitrogens with one attached hydrogen (secondary N) is 1. The van der Waals surface area contributed by atoms with Crippen molar-refractivity contribution in [2.45, 2.75) is 25.3 Å². The minimum atomic E-state index is -3.84. The average Bonchev–Trinajstić information content (AvgIpc) is 3.15. The summed E-state index contributed by atoms with van der Waals surface area (Å²) in [6.07, 6.45) is 0. The van der Waals surface area contributed by atoms with Crippen LogP contribution in [0.5, 0.6) is 0 Å². The van der Waals surface area contributed by atoms with Gasteiger partial charge in [-0.2, -0.15) is 4.99 Å². The molecular weight excluding hydrogens is 506 g/mol. The number of ether oxygens (including phenoxy) is 1. The lowest BCUT2D eigenvalue weighted by Gasteiger charge is -2.09. The molecule has 0 saturated carbocycles. The maximum absolute atomic E-state index is 13.1. The summed E-state index contributed by atoms with van der Waals surface area (Å²) < 4.78 is 36.2. The molecule has 4 rings (SSSR count). The van der Waals surface area contributed by atoms with E-state index in [4.69, 9.17) is 16.3 Å². The summed E-state index contributed by atoms with van der Waals surface area (Å²) in [5.74, 6) is -0.468. The lowest BCUT2D eigenvalue weighted by atomic mass is 10.1. The second-order valence-corrected chi connectivity index (χ2v) is 11.1. The highest BCUT2D eigenvalue weighted by Gasteiger charge is 2.16. The van der Waals surface area contributed by atoms with Crippen LogP contribution in [0, 0.1) is 13.8 Å². The Hall–Kier alpha value is -2.98. The van der Waals surface area contributed by atoms with Crippen LogP contribution in [0.1, 0.15) is 21.5 Å². The van der Waals surface area contributed by atoms with Crippen molar-refractivity contribution in [1.29, 1.82) is 0 Å². The number of benzene rings is 3. The maximum atomic E-state index is 13.1. The number of rotatable bonds is 7. The number of carbonyl (C=O) groups excluding carboxylic acids is 1. The van der Waals surface area contributed by atoms with Gasteiger partial charge in [-0.15, -0.1) is 0 Å². The standard InChI is InChI=1S/C25H24ClN3O4S2/c1-16-13-17(2)23-22(14-16)29(11-12-33-3)25(34-23)27-24(30)18-5-4-6-20(15-18)28-35(31,32)21-9-7-19(26)8-10-21/h4-10,13-15,28H,11-12H2,1-3H3. The summed E-state index contributed by atoms with van der Waals surface area (Å²) in [5.41, 5.74) is 3.77. The number of sulfonamides is 1. The second-order valence-electron chi connectivity index (χ2n) is 8.02. The topological polar surface area (TPSA) is 89.8 Å². The lowest BCUT2D eigenvalue weighted by Crippen LogP contribution is -2.19. The fourth-order valence-corrected chi connectivity index (χ4v) is 5.97.